The molecule has 0 radical (unpaired) electrons. The minimum atomic E-state index is -0.00937. The number of anilines is 4. The lowest BCUT2D eigenvalue weighted by Gasteiger charge is -2.38. The van der Waals surface area contributed by atoms with Gasteiger partial charge in [0.05, 0.1) is 37.7 Å². The number of aryl methyl sites for hydroxylation is 2. The Kier molecular flexibility index (Phi) is 7.76. The third-order valence-corrected chi connectivity index (χ3v) is 4.66. The third kappa shape index (κ3) is 5.05. The van der Waals surface area contributed by atoms with E-state index in [1.54, 1.807) is 0 Å². The Morgan fingerprint density at radius 1 is 0.778 bits per heavy atom. The van der Waals surface area contributed by atoms with Crippen molar-refractivity contribution in [1.82, 2.24) is 0 Å². The zero-order chi connectivity index (χ0) is 19.8. The molecule has 6 heteroatoms. The Morgan fingerprint density at radius 3 is 1.70 bits per heavy atom. The summed E-state index contributed by atoms with van der Waals surface area (Å²) in [6.45, 7) is 4.97. The molecule has 0 spiro atoms. The van der Waals surface area contributed by atoms with Crippen LogP contribution in [0.3, 0.4) is 0 Å². The summed E-state index contributed by atoms with van der Waals surface area (Å²) in [5.41, 5.74) is 17.7. The van der Waals surface area contributed by atoms with Crippen molar-refractivity contribution in [3.05, 3.63) is 47.5 Å². The molecule has 2 aromatic carbocycles. The second-order valence-electron chi connectivity index (χ2n) is 6.56. The van der Waals surface area contributed by atoms with Gasteiger partial charge in [-0.2, -0.15) is 0 Å². The van der Waals surface area contributed by atoms with Crippen LogP contribution in [0.15, 0.2) is 36.4 Å². The fourth-order valence-electron chi connectivity index (χ4n) is 3.27. The third-order valence-electron chi connectivity index (χ3n) is 4.66. The Labute approximate surface area is 162 Å². The zero-order valence-corrected chi connectivity index (χ0v) is 16.4. The Bertz CT molecular complexity index is 736. The molecule has 2 aromatic rings. The molecule has 6 nitrogen and oxygen atoms in total. The van der Waals surface area contributed by atoms with E-state index in [0.717, 1.165) is 53.1 Å². The molecule has 148 valence electrons. The SMILES string of the molecule is CCCc1cc(N(CCO)N(CCO)c2ccc(N)c(CC)c2)ccc1N. The van der Waals surface area contributed by atoms with Gasteiger partial charge in [0.25, 0.3) is 0 Å². The van der Waals surface area contributed by atoms with Gasteiger partial charge in [0, 0.05) is 11.4 Å². The molecule has 0 aliphatic heterocycles. The molecule has 0 aliphatic carbocycles. The van der Waals surface area contributed by atoms with E-state index in [1.807, 2.05) is 40.3 Å². The number of benzene rings is 2. The summed E-state index contributed by atoms with van der Waals surface area (Å²) in [5.74, 6) is 0. The first-order chi connectivity index (χ1) is 13.0. The topological polar surface area (TPSA) is 99.0 Å². The van der Waals surface area contributed by atoms with E-state index in [0.29, 0.717) is 13.1 Å². The molecule has 0 saturated carbocycles. The monoisotopic (exact) mass is 372 g/mol. The van der Waals surface area contributed by atoms with Crippen molar-refractivity contribution in [3.63, 3.8) is 0 Å². The number of nitrogens with zero attached hydrogens (tertiary/aromatic N) is 2. The average molecular weight is 373 g/mol. The molecule has 0 aromatic heterocycles. The lowest BCUT2D eigenvalue weighted by molar-refractivity contribution is 0.287. The lowest BCUT2D eigenvalue weighted by atomic mass is 10.1. The maximum atomic E-state index is 9.66. The van der Waals surface area contributed by atoms with Crippen molar-refractivity contribution in [2.24, 2.45) is 0 Å². The molecule has 0 fully saturated rings. The van der Waals surface area contributed by atoms with E-state index < -0.39 is 0 Å². The van der Waals surface area contributed by atoms with E-state index in [2.05, 4.69) is 19.9 Å². The van der Waals surface area contributed by atoms with Gasteiger partial charge >= 0.3 is 0 Å². The minimum Gasteiger partial charge on any atom is -0.399 e. The number of rotatable bonds is 10. The fraction of sp³-hybridized carbons (Fsp3) is 0.429. The fourth-order valence-corrected chi connectivity index (χ4v) is 3.27. The molecule has 0 heterocycles. The first-order valence-electron chi connectivity index (χ1n) is 9.59. The Morgan fingerprint density at radius 2 is 1.26 bits per heavy atom. The summed E-state index contributed by atoms with van der Waals surface area (Å²) in [6, 6.07) is 11.8. The van der Waals surface area contributed by atoms with Crippen molar-refractivity contribution in [1.29, 1.82) is 0 Å². The second-order valence-corrected chi connectivity index (χ2v) is 6.56. The van der Waals surface area contributed by atoms with E-state index in [1.165, 1.54) is 0 Å². The van der Waals surface area contributed by atoms with E-state index in [4.69, 9.17) is 11.5 Å². The number of nitrogens with two attached hydrogens (primary N) is 2. The molecule has 27 heavy (non-hydrogen) atoms. The Balaban J connectivity index is 2.48. The summed E-state index contributed by atoms with van der Waals surface area (Å²) in [4.78, 5) is 0. The second kappa shape index (κ2) is 10.0. The van der Waals surface area contributed by atoms with Gasteiger partial charge in [0.1, 0.15) is 0 Å². The molecule has 2 rings (SSSR count). The first-order valence-corrected chi connectivity index (χ1v) is 9.59. The molecule has 0 bridgehead atoms. The normalized spacial score (nSPS) is 10.8. The smallest absolute Gasteiger partial charge is 0.0628 e. The van der Waals surface area contributed by atoms with Crippen LogP contribution >= 0.6 is 0 Å². The van der Waals surface area contributed by atoms with Crippen LogP contribution in [0.4, 0.5) is 22.7 Å². The van der Waals surface area contributed by atoms with Crippen LogP contribution < -0.4 is 21.5 Å². The number of nitrogen functional groups attached to an aromatic ring is 2. The van der Waals surface area contributed by atoms with E-state index in [9.17, 15) is 10.2 Å². The van der Waals surface area contributed by atoms with E-state index in [-0.39, 0.29) is 13.2 Å². The molecule has 0 unspecified atom stereocenters. The van der Waals surface area contributed by atoms with Crippen molar-refractivity contribution < 1.29 is 10.2 Å². The maximum Gasteiger partial charge on any atom is 0.0628 e. The van der Waals surface area contributed by atoms with Crippen LogP contribution in [0.2, 0.25) is 0 Å². The molecule has 0 aliphatic rings. The van der Waals surface area contributed by atoms with Gasteiger partial charge in [0.15, 0.2) is 0 Å². The van der Waals surface area contributed by atoms with Crippen LogP contribution in [0.1, 0.15) is 31.4 Å². The molecular weight excluding hydrogens is 340 g/mol. The van der Waals surface area contributed by atoms with Crippen LogP contribution in [0, 0.1) is 0 Å². The lowest BCUT2D eigenvalue weighted by Crippen LogP contribution is -2.46. The van der Waals surface area contributed by atoms with Crippen molar-refractivity contribution in [2.45, 2.75) is 33.1 Å². The maximum absolute atomic E-state index is 9.66. The number of aliphatic hydroxyl groups is 2. The van der Waals surface area contributed by atoms with Gasteiger partial charge in [-0.25, -0.2) is 0 Å². The van der Waals surface area contributed by atoms with Crippen LogP contribution in [-0.4, -0.2) is 36.5 Å². The minimum absolute atomic E-state index is 0.00891. The van der Waals surface area contributed by atoms with Crippen molar-refractivity contribution in [3.8, 4) is 0 Å². The van der Waals surface area contributed by atoms with Crippen molar-refractivity contribution >= 4 is 22.7 Å². The summed E-state index contributed by atoms with van der Waals surface area (Å²) < 4.78 is 0. The van der Waals surface area contributed by atoms with Gasteiger partial charge in [-0.05, 0) is 60.4 Å². The standard InChI is InChI=1S/C21H32N4O2/c1-3-5-17-15-19(7-9-21(17)23)25(11-13-27)24(10-12-26)18-6-8-20(22)16(4-2)14-18/h6-9,14-15,26-27H,3-5,10-13,22-23H2,1-2H3. The van der Waals surface area contributed by atoms with Gasteiger partial charge in [-0.15, -0.1) is 0 Å². The summed E-state index contributed by atoms with van der Waals surface area (Å²) >= 11 is 0. The predicted molar refractivity (Wildman–Crippen MR) is 114 cm³/mol. The van der Waals surface area contributed by atoms with Crippen LogP contribution in [-0.2, 0) is 12.8 Å². The molecule has 0 saturated heterocycles. The summed E-state index contributed by atoms with van der Waals surface area (Å²) in [7, 11) is 0. The highest BCUT2D eigenvalue weighted by Crippen LogP contribution is 2.28. The van der Waals surface area contributed by atoms with Gasteiger partial charge in [-0.3, -0.25) is 10.0 Å². The highest BCUT2D eigenvalue weighted by molar-refractivity contribution is 5.65. The zero-order valence-electron chi connectivity index (χ0n) is 16.4. The average Bonchev–Trinajstić information content (AvgIpc) is 2.67. The Hall–Kier alpha value is -2.44. The molecular formula is C21H32N4O2. The van der Waals surface area contributed by atoms with Gasteiger partial charge in [-0.1, -0.05) is 20.3 Å². The first kappa shape index (κ1) is 20.9. The van der Waals surface area contributed by atoms with Gasteiger partial charge < -0.3 is 21.7 Å². The van der Waals surface area contributed by atoms with Crippen LogP contribution in [0.5, 0.6) is 0 Å². The molecule has 0 amide bonds. The number of hydrogen-bond donors (Lipinski definition) is 4. The number of aliphatic hydroxyl groups excluding tert-OH is 2. The molecule has 0 atom stereocenters. The quantitative estimate of drug-likeness (QED) is 0.378. The number of hydrogen-bond acceptors (Lipinski definition) is 6. The van der Waals surface area contributed by atoms with Crippen LogP contribution in [0.25, 0.3) is 0 Å². The molecule has 6 N–H and O–H groups in total. The largest absolute Gasteiger partial charge is 0.399 e. The highest BCUT2D eigenvalue weighted by atomic mass is 16.3. The summed E-state index contributed by atoms with van der Waals surface area (Å²) in [6.07, 6.45) is 2.73. The number of hydrazine groups is 1. The predicted octanol–water partition coefficient (Wildman–Crippen LogP) is 2.58. The summed E-state index contributed by atoms with van der Waals surface area (Å²) in [5, 5.41) is 23.3. The van der Waals surface area contributed by atoms with E-state index >= 15 is 0 Å². The van der Waals surface area contributed by atoms with Crippen molar-refractivity contribution in [2.75, 3.05) is 47.8 Å². The van der Waals surface area contributed by atoms with Gasteiger partial charge in [0.2, 0.25) is 0 Å². The highest BCUT2D eigenvalue weighted by Gasteiger charge is 2.18.